The molecule has 5 rings (SSSR count). The summed E-state index contributed by atoms with van der Waals surface area (Å²) in [5.41, 5.74) is 2.40. The molecule has 2 saturated heterocycles. The van der Waals surface area contributed by atoms with Gasteiger partial charge in [-0.2, -0.15) is 5.26 Å². The molecule has 2 aliphatic rings. The number of hydrogen-bond acceptors (Lipinski definition) is 7. The van der Waals surface area contributed by atoms with Crippen molar-refractivity contribution < 1.29 is 14.3 Å². The quantitative estimate of drug-likeness (QED) is 0.458. The second-order valence-electron chi connectivity index (χ2n) is 9.91. The Kier molecular flexibility index (Phi) is 7.96. The zero-order valence-electron chi connectivity index (χ0n) is 21.7. The number of aromatic nitrogens is 3. The first-order valence-corrected chi connectivity index (χ1v) is 13.3. The molecule has 10 heteroatoms. The maximum Gasteiger partial charge on any atom is 0.258 e. The summed E-state index contributed by atoms with van der Waals surface area (Å²) in [5.74, 6) is -0.0679. The topological polar surface area (TPSA) is 116 Å². The van der Waals surface area contributed by atoms with Gasteiger partial charge in [-0.05, 0) is 69.5 Å². The molecule has 0 aliphatic carbocycles. The molecule has 2 fully saturated rings. The van der Waals surface area contributed by atoms with Crippen LogP contribution < -0.4 is 5.32 Å². The van der Waals surface area contributed by atoms with E-state index < -0.39 is 0 Å². The molecule has 2 aliphatic heterocycles. The normalized spacial score (nSPS) is 16.6. The van der Waals surface area contributed by atoms with Crippen LogP contribution in [0.15, 0.2) is 36.5 Å². The average Bonchev–Trinajstić information content (AvgIpc) is 3.61. The number of nitrogens with one attached hydrogen (secondary N) is 1. The van der Waals surface area contributed by atoms with Crippen molar-refractivity contribution in [3.8, 4) is 6.07 Å². The molecule has 1 N–H and O–H groups in total. The highest BCUT2D eigenvalue weighted by atomic mass is 16.5. The van der Waals surface area contributed by atoms with E-state index in [1.165, 1.54) is 32.0 Å². The zero-order valence-corrected chi connectivity index (χ0v) is 21.7. The smallest absolute Gasteiger partial charge is 0.258 e. The van der Waals surface area contributed by atoms with E-state index in [4.69, 9.17) is 10.00 Å². The van der Waals surface area contributed by atoms with Crippen LogP contribution in [-0.2, 0) is 11.3 Å². The van der Waals surface area contributed by atoms with Crippen LogP contribution >= 0.6 is 0 Å². The van der Waals surface area contributed by atoms with Crippen LogP contribution in [-0.4, -0.2) is 82.1 Å². The Morgan fingerprint density at radius 2 is 1.92 bits per heavy atom. The number of benzene rings is 1. The van der Waals surface area contributed by atoms with E-state index in [1.54, 1.807) is 37.6 Å². The molecule has 0 bridgehead atoms. The monoisotopic (exact) mass is 515 g/mol. The minimum atomic E-state index is -0.373. The van der Waals surface area contributed by atoms with E-state index in [-0.39, 0.29) is 11.8 Å². The van der Waals surface area contributed by atoms with Gasteiger partial charge in [-0.15, -0.1) is 0 Å². The number of rotatable bonds is 8. The molecule has 2 aromatic heterocycles. The molecule has 0 atom stereocenters. The summed E-state index contributed by atoms with van der Waals surface area (Å²) in [4.78, 5) is 40.0. The number of nitriles is 1. The predicted molar refractivity (Wildman–Crippen MR) is 143 cm³/mol. The molecule has 0 spiro atoms. The summed E-state index contributed by atoms with van der Waals surface area (Å²) < 4.78 is 7.03. The first-order valence-electron chi connectivity index (χ1n) is 13.3. The Hall–Kier alpha value is -3.81. The highest BCUT2D eigenvalue weighted by Gasteiger charge is 2.29. The van der Waals surface area contributed by atoms with Gasteiger partial charge >= 0.3 is 0 Å². The Morgan fingerprint density at radius 3 is 2.66 bits per heavy atom. The highest BCUT2D eigenvalue weighted by molar-refractivity contribution is 6.04. The first-order chi connectivity index (χ1) is 18.6. The molecule has 38 heavy (non-hydrogen) atoms. The highest BCUT2D eigenvalue weighted by Crippen LogP contribution is 2.24. The lowest BCUT2D eigenvalue weighted by Gasteiger charge is -2.36. The number of imidazole rings is 1. The minimum Gasteiger partial charge on any atom is -0.385 e. The third-order valence-electron chi connectivity index (χ3n) is 7.45. The number of aryl methyl sites for hydroxylation is 1. The van der Waals surface area contributed by atoms with Crippen LogP contribution in [0, 0.1) is 11.3 Å². The van der Waals surface area contributed by atoms with Crippen molar-refractivity contribution >= 4 is 28.9 Å². The second-order valence-corrected chi connectivity index (χ2v) is 9.91. The second kappa shape index (κ2) is 11.7. The van der Waals surface area contributed by atoms with Gasteiger partial charge in [0, 0.05) is 51.2 Å². The summed E-state index contributed by atoms with van der Waals surface area (Å²) in [6, 6.07) is 10.9. The van der Waals surface area contributed by atoms with E-state index in [1.807, 2.05) is 9.47 Å². The van der Waals surface area contributed by atoms with Crippen molar-refractivity contribution in [3.05, 3.63) is 53.2 Å². The fourth-order valence-corrected chi connectivity index (χ4v) is 5.43. The van der Waals surface area contributed by atoms with E-state index in [9.17, 15) is 9.59 Å². The fourth-order valence-electron chi connectivity index (χ4n) is 5.43. The number of pyridine rings is 1. The number of carbonyl (C=O) groups excluding carboxylic acids is 2. The van der Waals surface area contributed by atoms with Gasteiger partial charge in [0.25, 0.3) is 11.8 Å². The molecule has 198 valence electrons. The Balaban J connectivity index is 1.35. The number of methoxy groups -OCH3 is 1. The van der Waals surface area contributed by atoms with Gasteiger partial charge in [-0.25, -0.2) is 9.97 Å². The Labute approximate surface area is 222 Å². The third kappa shape index (κ3) is 5.54. The lowest BCUT2D eigenvalue weighted by molar-refractivity contribution is 0.0644. The SMILES string of the molecule is COCCCn1c(NC(=O)c2cccc(C#N)c2)nc2cc(C(=O)N3CCC(N4CCCC4)CC3)cnc21. The molecule has 0 radical (unpaired) electrons. The van der Waals surface area contributed by atoms with Gasteiger partial charge in [0.15, 0.2) is 5.65 Å². The van der Waals surface area contributed by atoms with E-state index in [2.05, 4.69) is 26.3 Å². The summed E-state index contributed by atoms with van der Waals surface area (Å²) >= 11 is 0. The molecule has 4 heterocycles. The third-order valence-corrected chi connectivity index (χ3v) is 7.45. The van der Waals surface area contributed by atoms with Gasteiger partial charge in [0.05, 0.1) is 17.2 Å². The number of anilines is 1. The zero-order chi connectivity index (χ0) is 26.5. The van der Waals surface area contributed by atoms with Crippen LogP contribution in [0.25, 0.3) is 11.2 Å². The summed E-state index contributed by atoms with van der Waals surface area (Å²) in [6.45, 7) is 4.91. The molecule has 10 nitrogen and oxygen atoms in total. The Bertz CT molecular complexity index is 1350. The van der Waals surface area contributed by atoms with Crippen LogP contribution in [0.2, 0.25) is 0 Å². The van der Waals surface area contributed by atoms with Crippen molar-refractivity contribution in [1.82, 2.24) is 24.3 Å². The first kappa shape index (κ1) is 25.8. The molecular weight excluding hydrogens is 482 g/mol. The number of likely N-dealkylation sites (tertiary alicyclic amines) is 2. The van der Waals surface area contributed by atoms with Gasteiger partial charge in [-0.1, -0.05) is 6.07 Å². The summed E-state index contributed by atoms with van der Waals surface area (Å²) in [7, 11) is 1.64. The van der Waals surface area contributed by atoms with Crippen LogP contribution in [0.4, 0.5) is 5.95 Å². The van der Waals surface area contributed by atoms with Crippen molar-refractivity contribution in [2.24, 2.45) is 0 Å². The van der Waals surface area contributed by atoms with E-state index >= 15 is 0 Å². The van der Waals surface area contributed by atoms with E-state index in [0.29, 0.717) is 59.4 Å². The number of hydrogen-bond donors (Lipinski definition) is 1. The predicted octanol–water partition coefficient (Wildman–Crippen LogP) is 3.29. The molecule has 0 unspecified atom stereocenters. The van der Waals surface area contributed by atoms with Crippen LogP contribution in [0.3, 0.4) is 0 Å². The molecule has 0 saturated carbocycles. The van der Waals surface area contributed by atoms with Gasteiger partial charge in [0.2, 0.25) is 5.95 Å². The lowest BCUT2D eigenvalue weighted by atomic mass is 10.0. The number of amides is 2. The molecular formula is C28H33N7O3. The van der Waals surface area contributed by atoms with Crippen molar-refractivity contribution in [3.63, 3.8) is 0 Å². The van der Waals surface area contributed by atoms with Crippen molar-refractivity contribution in [2.75, 3.05) is 45.2 Å². The number of piperidine rings is 1. The summed E-state index contributed by atoms with van der Waals surface area (Å²) in [6.07, 6.45) is 6.85. The Morgan fingerprint density at radius 1 is 1.13 bits per heavy atom. The van der Waals surface area contributed by atoms with Crippen LogP contribution in [0.5, 0.6) is 0 Å². The minimum absolute atomic E-state index is 0.0351. The molecule has 1 aromatic carbocycles. The summed E-state index contributed by atoms with van der Waals surface area (Å²) in [5, 5.41) is 12.0. The largest absolute Gasteiger partial charge is 0.385 e. The number of ether oxygens (including phenoxy) is 1. The fraction of sp³-hybridized carbons (Fsp3) is 0.464. The van der Waals surface area contributed by atoms with Gasteiger partial charge in [-0.3, -0.25) is 19.5 Å². The van der Waals surface area contributed by atoms with Crippen molar-refractivity contribution in [1.29, 1.82) is 5.26 Å². The molecule has 3 aromatic rings. The number of carbonyl (C=O) groups is 2. The average molecular weight is 516 g/mol. The van der Waals surface area contributed by atoms with Crippen molar-refractivity contribution in [2.45, 2.75) is 44.7 Å². The maximum absolute atomic E-state index is 13.3. The number of fused-ring (bicyclic) bond motifs is 1. The van der Waals surface area contributed by atoms with Gasteiger partial charge in [0.1, 0.15) is 5.52 Å². The molecule has 2 amide bonds. The standard InChI is InChI=1S/C28H33N7O3/c1-38-15-5-12-35-25-24(31-28(35)32-26(36)21-7-4-6-20(16-21)18-29)17-22(19-30-25)27(37)34-13-8-23(9-14-34)33-10-2-3-11-33/h4,6-7,16-17,19,23H,2-3,5,8-15H2,1H3,(H,31,32,36). The lowest BCUT2D eigenvalue weighted by Crippen LogP contribution is -2.45. The van der Waals surface area contributed by atoms with Gasteiger partial charge < -0.3 is 14.5 Å². The van der Waals surface area contributed by atoms with Crippen LogP contribution in [0.1, 0.15) is 58.4 Å². The number of nitrogens with zero attached hydrogens (tertiary/aromatic N) is 6. The maximum atomic E-state index is 13.3. The van der Waals surface area contributed by atoms with E-state index in [0.717, 1.165) is 25.9 Å².